The van der Waals surface area contributed by atoms with Crippen molar-refractivity contribution in [2.75, 3.05) is 36.0 Å². The zero-order valence-corrected chi connectivity index (χ0v) is 22.5. The summed E-state index contributed by atoms with van der Waals surface area (Å²) in [5, 5.41) is 0.390. The first-order chi connectivity index (χ1) is 17.6. The molecular formula is C24H31ClN6O4S2. The molecule has 10 nitrogen and oxygen atoms in total. The molecule has 2 aliphatic rings. The van der Waals surface area contributed by atoms with Crippen molar-refractivity contribution in [1.82, 2.24) is 9.62 Å². The average Bonchev–Trinajstić information content (AvgIpc) is 2.87. The summed E-state index contributed by atoms with van der Waals surface area (Å²) in [6, 6.07) is 11.1. The molecule has 0 unspecified atom stereocenters. The van der Waals surface area contributed by atoms with Crippen LogP contribution in [0.5, 0.6) is 0 Å². The molecule has 0 spiro atoms. The highest BCUT2D eigenvalue weighted by atomic mass is 35.5. The number of nitrogens with zero attached hydrogens (tertiary/aromatic N) is 4. The minimum atomic E-state index is -3.94. The highest BCUT2D eigenvalue weighted by molar-refractivity contribution is 7.91. The Morgan fingerprint density at radius 2 is 1.95 bits per heavy atom. The normalized spacial score (nSPS) is 17.0. The van der Waals surface area contributed by atoms with Gasteiger partial charge in [-0.25, -0.2) is 13.4 Å². The molecule has 4 rings (SSSR count). The Bertz CT molecular complexity index is 1360. The minimum absolute atomic E-state index is 0. The fourth-order valence-electron chi connectivity index (χ4n) is 4.60. The number of nitrogens with one attached hydrogen (secondary N) is 1. The molecule has 2 heterocycles. The van der Waals surface area contributed by atoms with Crippen LogP contribution < -0.4 is 20.3 Å². The van der Waals surface area contributed by atoms with Crippen LogP contribution in [0.4, 0.5) is 11.4 Å². The fourth-order valence-corrected chi connectivity index (χ4v) is 6.08. The molecule has 0 aliphatic carbocycles. The fraction of sp³-hybridized carbons (Fsp3) is 0.333. The first-order valence-corrected chi connectivity index (χ1v) is 13.9. The summed E-state index contributed by atoms with van der Waals surface area (Å²) in [5.41, 5.74) is 7.78. The van der Waals surface area contributed by atoms with Crippen molar-refractivity contribution in [3.05, 3.63) is 53.1 Å². The number of amides is 2. The number of sulfonamides is 1. The molecule has 2 aromatic carbocycles. The molecule has 200 valence electrons. The molecule has 0 radical (unpaired) electrons. The van der Waals surface area contributed by atoms with Crippen LogP contribution in [0.15, 0.2) is 52.4 Å². The van der Waals surface area contributed by atoms with E-state index in [2.05, 4.69) is 14.6 Å². The van der Waals surface area contributed by atoms with E-state index in [1.54, 1.807) is 9.80 Å². The number of fused-ring (bicyclic) bond motifs is 1. The lowest BCUT2D eigenvalue weighted by Gasteiger charge is -2.40. The molecule has 0 bridgehead atoms. The minimum Gasteiger partial charge on any atom is -0.390 e. The molecule has 13 heteroatoms. The molecule has 1 atom stereocenters. The van der Waals surface area contributed by atoms with E-state index in [0.29, 0.717) is 23.8 Å². The SMILES string of the molecule is C[C@H](C(=O)N1CCN(c2ccc(S(=O)(=O)NC(=S)N=CN)cc2)C(=O)C1)N1CCCc2cc(Cl)ccc21.[HH].[HH]. The summed E-state index contributed by atoms with van der Waals surface area (Å²) in [5.74, 6) is -0.357. The quantitative estimate of drug-likeness (QED) is 0.323. The number of aryl methyl sites for hydroxylation is 1. The smallest absolute Gasteiger partial charge is 0.263 e. The van der Waals surface area contributed by atoms with E-state index >= 15 is 0 Å². The molecule has 3 N–H and O–H groups in total. The number of piperazine rings is 1. The lowest BCUT2D eigenvalue weighted by atomic mass is 10.00. The van der Waals surface area contributed by atoms with E-state index in [9.17, 15) is 18.0 Å². The van der Waals surface area contributed by atoms with Gasteiger partial charge < -0.3 is 20.4 Å². The molecule has 1 fully saturated rings. The third kappa shape index (κ3) is 5.86. The van der Waals surface area contributed by atoms with Crippen molar-refractivity contribution in [3.63, 3.8) is 0 Å². The Hall–Kier alpha value is -3.22. The molecular weight excluding hydrogens is 536 g/mol. The van der Waals surface area contributed by atoms with Crippen LogP contribution >= 0.6 is 23.8 Å². The monoisotopic (exact) mass is 566 g/mol. The zero-order valence-electron chi connectivity index (χ0n) is 20.1. The Labute approximate surface area is 229 Å². The topological polar surface area (TPSA) is 128 Å². The molecule has 0 saturated carbocycles. The first kappa shape index (κ1) is 26.8. The maximum Gasteiger partial charge on any atom is 0.263 e. The average molecular weight is 567 g/mol. The van der Waals surface area contributed by atoms with Crippen molar-refractivity contribution < 1.29 is 20.9 Å². The number of rotatable bonds is 5. The number of carbonyl (C=O) groups is 2. The van der Waals surface area contributed by atoms with Gasteiger partial charge in [0.2, 0.25) is 16.9 Å². The van der Waals surface area contributed by atoms with E-state index in [-0.39, 0.29) is 31.2 Å². The Kier molecular flexibility index (Phi) is 8.00. The van der Waals surface area contributed by atoms with E-state index in [1.807, 2.05) is 25.1 Å². The van der Waals surface area contributed by atoms with Gasteiger partial charge >= 0.3 is 0 Å². The van der Waals surface area contributed by atoms with E-state index < -0.39 is 16.1 Å². The predicted molar refractivity (Wildman–Crippen MR) is 152 cm³/mol. The molecule has 1 saturated heterocycles. The lowest BCUT2D eigenvalue weighted by Crippen LogP contribution is -2.57. The van der Waals surface area contributed by atoms with Gasteiger partial charge in [-0.1, -0.05) is 11.6 Å². The third-order valence-corrected chi connectivity index (χ3v) is 8.35. The Morgan fingerprint density at radius 3 is 2.62 bits per heavy atom. The van der Waals surface area contributed by atoms with E-state index in [1.165, 1.54) is 24.3 Å². The van der Waals surface area contributed by atoms with Gasteiger partial charge in [0.05, 0.1) is 11.2 Å². The number of aliphatic imine (C=N–C) groups is 1. The van der Waals surface area contributed by atoms with Crippen LogP contribution in [-0.2, 0) is 26.0 Å². The van der Waals surface area contributed by atoms with Crippen LogP contribution in [0.3, 0.4) is 0 Å². The molecule has 2 aromatic rings. The van der Waals surface area contributed by atoms with Gasteiger partial charge in [0.25, 0.3) is 10.0 Å². The molecule has 37 heavy (non-hydrogen) atoms. The molecule has 0 aromatic heterocycles. The molecule has 2 amide bonds. The van der Waals surface area contributed by atoms with Gasteiger partial charge in [0.1, 0.15) is 12.6 Å². The van der Waals surface area contributed by atoms with Crippen LogP contribution in [0.2, 0.25) is 5.02 Å². The summed E-state index contributed by atoms with van der Waals surface area (Å²) in [6.45, 7) is 3.22. The number of carbonyl (C=O) groups excluding carboxylic acids is 2. The summed E-state index contributed by atoms with van der Waals surface area (Å²) in [6.07, 6.45) is 2.73. The van der Waals surface area contributed by atoms with Gasteiger partial charge in [-0.2, -0.15) is 0 Å². The van der Waals surface area contributed by atoms with Crippen LogP contribution in [0, 0.1) is 0 Å². The number of nitrogens with two attached hydrogens (primary N) is 1. The van der Waals surface area contributed by atoms with Crippen LogP contribution in [0.25, 0.3) is 0 Å². The van der Waals surface area contributed by atoms with Gasteiger partial charge in [0.15, 0.2) is 0 Å². The van der Waals surface area contributed by atoms with Gasteiger partial charge in [0, 0.05) is 38.9 Å². The van der Waals surface area contributed by atoms with Gasteiger partial charge in [-0.05, 0) is 80.0 Å². The number of hydrogen-bond donors (Lipinski definition) is 2. The highest BCUT2D eigenvalue weighted by Crippen LogP contribution is 2.31. The van der Waals surface area contributed by atoms with Crippen molar-refractivity contribution in [3.8, 4) is 0 Å². The number of thiocarbonyl (C=S) groups is 1. The Morgan fingerprint density at radius 1 is 1.22 bits per heavy atom. The van der Waals surface area contributed by atoms with Crippen LogP contribution in [-0.4, -0.2) is 68.8 Å². The van der Waals surface area contributed by atoms with Gasteiger partial charge in [-0.3, -0.25) is 14.3 Å². The van der Waals surface area contributed by atoms with Crippen LogP contribution in [0.1, 0.15) is 21.8 Å². The second kappa shape index (κ2) is 11.0. The highest BCUT2D eigenvalue weighted by Gasteiger charge is 2.34. The summed E-state index contributed by atoms with van der Waals surface area (Å²) < 4.78 is 27.0. The second-order valence-corrected chi connectivity index (χ2v) is 11.2. The number of halogens is 1. The Balaban J connectivity index is 0.00000267. The third-order valence-electron chi connectivity index (χ3n) is 6.43. The summed E-state index contributed by atoms with van der Waals surface area (Å²) >= 11 is 10.9. The van der Waals surface area contributed by atoms with E-state index in [4.69, 9.17) is 29.6 Å². The largest absolute Gasteiger partial charge is 0.390 e. The van der Waals surface area contributed by atoms with Crippen molar-refractivity contribution in [1.29, 1.82) is 0 Å². The number of benzene rings is 2. The van der Waals surface area contributed by atoms with Crippen molar-refractivity contribution in [2.45, 2.75) is 30.7 Å². The lowest BCUT2D eigenvalue weighted by molar-refractivity contribution is -0.137. The van der Waals surface area contributed by atoms with E-state index in [0.717, 1.165) is 37.0 Å². The second-order valence-electron chi connectivity index (χ2n) is 8.73. The zero-order chi connectivity index (χ0) is 26.7. The summed E-state index contributed by atoms with van der Waals surface area (Å²) in [4.78, 5) is 35.0. The number of anilines is 2. The number of hydrogen-bond acceptors (Lipinski definition) is 6. The summed E-state index contributed by atoms with van der Waals surface area (Å²) in [7, 11) is -3.94. The predicted octanol–water partition coefficient (Wildman–Crippen LogP) is 2.40. The van der Waals surface area contributed by atoms with Crippen molar-refractivity contribution >= 4 is 68.5 Å². The maximum atomic E-state index is 13.3. The van der Waals surface area contributed by atoms with Gasteiger partial charge in [-0.15, -0.1) is 0 Å². The maximum absolute atomic E-state index is 13.3. The standard InChI is InChI=1S/C24H27ClN6O4S2.2H2/c1-16(30-10-2-3-17-13-18(25)4-9-21(17)30)23(33)29-11-12-31(22(32)14-29)19-5-7-20(8-6-19)37(34,35)28-24(36)27-15-26;;/h4-9,13,15-16H,2-3,10-12,14H2,1H3,(H3,26,27,28,36);2*1H/t16-;;/m1../s1. The first-order valence-electron chi connectivity index (χ1n) is 11.7. The van der Waals surface area contributed by atoms with Crippen molar-refractivity contribution in [2.24, 2.45) is 10.7 Å². The molecule has 2 aliphatic heterocycles.